The van der Waals surface area contributed by atoms with Crippen molar-refractivity contribution in [3.8, 4) is 0 Å². The van der Waals surface area contributed by atoms with Crippen LogP contribution in [0, 0.1) is 0 Å². The van der Waals surface area contributed by atoms with E-state index < -0.39 is 0 Å². The molecule has 1 saturated carbocycles. The van der Waals surface area contributed by atoms with Crippen LogP contribution in [0.5, 0.6) is 0 Å². The van der Waals surface area contributed by atoms with Gasteiger partial charge in [0, 0.05) is 32.5 Å². The Balaban J connectivity index is 1.72. The van der Waals surface area contributed by atoms with Gasteiger partial charge in [-0.15, -0.1) is 21.5 Å². The number of hydrogen-bond acceptors (Lipinski definition) is 5. The molecule has 0 unspecified atom stereocenters. The quantitative estimate of drug-likeness (QED) is 0.772. The Labute approximate surface area is 113 Å². The Hall–Kier alpha value is -0.520. The van der Waals surface area contributed by atoms with E-state index in [1.165, 1.54) is 42.1 Å². The summed E-state index contributed by atoms with van der Waals surface area (Å²) in [5, 5.41) is 14.4. The average Bonchev–Trinajstić information content (AvgIpc) is 2.88. The lowest BCUT2D eigenvalue weighted by Crippen LogP contribution is -2.21. The van der Waals surface area contributed by atoms with Crippen LogP contribution >= 0.6 is 11.3 Å². The highest BCUT2D eigenvalue weighted by molar-refractivity contribution is 7.11. The molecule has 0 saturated heterocycles. The Morgan fingerprint density at radius 3 is 2.83 bits per heavy atom. The SMILES string of the molecule is COCCNCCc1nnc(C2CCCCC2)s1. The average molecular weight is 269 g/mol. The van der Waals surface area contributed by atoms with Crippen LogP contribution in [0.4, 0.5) is 0 Å². The molecule has 1 aliphatic rings. The number of hydrogen-bond donors (Lipinski definition) is 1. The van der Waals surface area contributed by atoms with E-state index in [1.54, 1.807) is 7.11 Å². The molecule has 0 aliphatic heterocycles. The van der Waals surface area contributed by atoms with E-state index in [4.69, 9.17) is 4.74 Å². The number of rotatable bonds is 7. The summed E-state index contributed by atoms with van der Waals surface area (Å²) < 4.78 is 4.99. The van der Waals surface area contributed by atoms with Crippen molar-refractivity contribution in [1.82, 2.24) is 15.5 Å². The number of nitrogens with zero attached hydrogens (tertiary/aromatic N) is 2. The highest BCUT2D eigenvalue weighted by Crippen LogP contribution is 2.33. The summed E-state index contributed by atoms with van der Waals surface area (Å²) in [5.74, 6) is 0.687. The van der Waals surface area contributed by atoms with Crippen LogP contribution in [0.15, 0.2) is 0 Å². The summed E-state index contributed by atoms with van der Waals surface area (Å²) in [6.45, 7) is 2.64. The predicted octanol–water partition coefficient (Wildman–Crippen LogP) is 2.36. The van der Waals surface area contributed by atoms with Crippen LogP contribution < -0.4 is 5.32 Å². The molecule has 1 fully saturated rings. The highest BCUT2D eigenvalue weighted by atomic mass is 32.1. The van der Waals surface area contributed by atoms with Crippen LogP contribution in [-0.2, 0) is 11.2 Å². The van der Waals surface area contributed by atoms with E-state index in [-0.39, 0.29) is 0 Å². The minimum absolute atomic E-state index is 0.687. The molecule has 0 aromatic carbocycles. The fourth-order valence-corrected chi connectivity index (χ4v) is 3.39. The number of nitrogens with one attached hydrogen (secondary N) is 1. The third-order valence-electron chi connectivity index (χ3n) is 3.44. The van der Waals surface area contributed by atoms with E-state index in [2.05, 4.69) is 15.5 Å². The number of ether oxygens (including phenoxy) is 1. The first-order valence-electron chi connectivity index (χ1n) is 6.92. The standard InChI is InChI=1S/C13H23N3OS/c1-17-10-9-14-8-7-12-15-16-13(18-12)11-5-3-2-4-6-11/h11,14H,2-10H2,1H3. The largest absolute Gasteiger partial charge is 0.383 e. The summed E-state index contributed by atoms with van der Waals surface area (Å²) in [5.41, 5.74) is 0. The first kappa shape index (κ1) is 13.9. The third-order valence-corrected chi connectivity index (χ3v) is 4.58. The predicted molar refractivity (Wildman–Crippen MR) is 74.2 cm³/mol. The molecule has 102 valence electrons. The number of methoxy groups -OCH3 is 1. The van der Waals surface area contributed by atoms with Crippen LogP contribution in [-0.4, -0.2) is 37.0 Å². The highest BCUT2D eigenvalue weighted by Gasteiger charge is 2.19. The molecule has 5 heteroatoms. The molecular formula is C13H23N3OS. The summed E-state index contributed by atoms with van der Waals surface area (Å²) in [6.07, 6.45) is 7.71. The lowest BCUT2D eigenvalue weighted by Gasteiger charge is -2.18. The molecule has 2 rings (SSSR count). The molecule has 1 N–H and O–H groups in total. The lowest BCUT2D eigenvalue weighted by atomic mass is 9.90. The second-order valence-electron chi connectivity index (χ2n) is 4.86. The van der Waals surface area contributed by atoms with Gasteiger partial charge in [-0.2, -0.15) is 0 Å². The maximum atomic E-state index is 4.99. The molecule has 0 bridgehead atoms. The summed E-state index contributed by atoms with van der Waals surface area (Å²) in [7, 11) is 1.73. The molecule has 18 heavy (non-hydrogen) atoms. The van der Waals surface area contributed by atoms with Gasteiger partial charge in [-0.05, 0) is 12.8 Å². The van der Waals surface area contributed by atoms with Gasteiger partial charge in [0.25, 0.3) is 0 Å². The molecule has 1 aromatic heterocycles. The van der Waals surface area contributed by atoms with Gasteiger partial charge in [-0.1, -0.05) is 19.3 Å². The van der Waals surface area contributed by atoms with Gasteiger partial charge in [-0.25, -0.2) is 0 Å². The molecule has 4 nitrogen and oxygen atoms in total. The minimum Gasteiger partial charge on any atom is -0.383 e. The smallest absolute Gasteiger partial charge is 0.120 e. The molecular weight excluding hydrogens is 246 g/mol. The van der Waals surface area contributed by atoms with E-state index in [0.29, 0.717) is 5.92 Å². The van der Waals surface area contributed by atoms with Crippen molar-refractivity contribution in [2.75, 3.05) is 26.8 Å². The van der Waals surface area contributed by atoms with E-state index in [0.717, 1.165) is 26.1 Å². The topological polar surface area (TPSA) is 47.0 Å². The lowest BCUT2D eigenvalue weighted by molar-refractivity contribution is 0.199. The fourth-order valence-electron chi connectivity index (χ4n) is 2.38. The molecule has 1 aliphatic carbocycles. The molecule has 0 spiro atoms. The third kappa shape index (κ3) is 4.30. The Bertz CT molecular complexity index is 337. The van der Waals surface area contributed by atoms with Gasteiger partial charge in [0.2, 0.25) is 0 Å². The zero-order valence-corrected chi connectivity index (χ0v) is 12.0. The van der Waals surface area contributed by atoms with E-state index >= 15 is 0 Å². The Morgan fingerprint density at radius 1 is 1.22 bits per heavy atom. The van der Waals surface area contributed by atoms with Crippen LogP contribution in [0.2, 0.25) is 0 Å². The van der Waals surface area contributed by atoms with Crippen molar-refractivity contribution in [1.29, 1.82) is 0 Å². The van der Waals surface area contributed by atoms with E-state index in [1.807, 2.05) is 11.3 Å². The number of aromatic nitrogens is 2. The monoisotopic (exact) mass is 269 g/mol. The van der Waals surface area contributed by atoms with Gasteiger partial charge in [-0.3, -0.25) is 0 Å². The second-order valence-corrected chi connectivity index (χ2v) is 5.96. The normalized spacial score (nSPS) is 17.2. The first-order valence-corrected chi connectivity index (χ1v) is 7.73. The maximum Gasteiger partial charge on any atom is 0.120 e. The van der Waals surface area contributed by atoms with Gasteiger partial charge in [0.1, 0.15) is 10.0 Å². The minimum atomic E-state index is 0.687. The summed E-state index contributed by atoms with van der Waals surface area (Å²) in [6, 6.07) is 0. The van der Waals surface area contributed by atoms with Gasteiger partial charge in [0.15, 0.2) is 0 Å². The van der Waals surface area contributed by atoms with Crippen molar-refractivity contribution >= 4 is 11.3 Å². The maximum absolute atomic E-state index is 4.99. The Morgan fingerprint density at radius 2 is 2.06 bits per heavy atom. The first-order chi connectivity index (χ1) is 8.90. The molecule has 1 aromatic rings. The molecule has 0 atom stereocenters. The Kier molecular flexibility index (Phi) is 6.04. The van der Waals surface area contributed by atoms with E-state index in [9.17, 15) is 0 Å². The van der Waals surface area contributed by atoms with Crippen molar-refractivity contribution in [2.24, 2.45) is 0 Å². The fraction of sp³-hybridized carbons (Fsp3) is 0.846. The van der Waals surface area contributed by atoms with Crippen molar-refractivity contribution in [3.05, 3.63) is 10.0 Å². The zero-order valence-electron chi connectivity index (χ0n) is 11.2. The van der Waals surface area contributed by atoms with Crippen molar-refractivity contribution in [3.63, 3.8) is 0 Å². The summed E-state index contributed by atoms with van der Waals surface area (Å²) >= 11 is 1.81. The summed E-state index contributed by atoms with van der Waals surface area (Å²) in [4.78, 5) is 0. The van der Waals surface area contributed by atoms with Gasteiger partial charge < -0.3 is 10.1 Å². The zero-order chi connectivity index (χ0) is 12.6. The molecule has 0 amide bonds. The van der Waals surface area contributed by atoms with Crippen molar-refractivity contribution in [2.45, 2.75) is 44.4 Å². The second kappa shape index (κ2) is 7.81. The molecule has 0 radical (unpaired) electrons. The van der Waals surface area contributed by atoms with Crippen molar-refractivity contribution < 1.29 is 4.74 Å². The van der Waals surface area contributed by atoms with Crippen LogP contribution in [0.1, 0.15) is 48.0 Å². The van der Waals surface area contributed by atoms with Gasteiger partial charge in [0.05, 0.1) is 6.61 Å². The molecule has 1 heterocycles. The van der Waals surface area contributed by atoms with Crippen LogP contribution in [0.3, 0.4) is 0 Å². The van der Waals surface area contributed by atoms with Crippen LogP contribution in [0.25, 0.3) is 0 Å². The van der Waals surface area contributed by atoms with Gasteiger partial charge >= 0.3 is 0 Å².